The van der Waals surface area contributed by atoms with Gasteiger partial charge in [-0.05, 0) is 61.5 Å². The van der Waals surface area contributed by atoms with E-state index in [0.717, 1.165) is 5.56 Å². The van der Waals surface area contributed by atoms with E-state index < -0.39 is 11.9 Å². The van der Waals surface area contributed by atoms with Gasteiger partial charge in [-0.15, -0.1) is 0 Å². The first-order chi connectivity index (χ1) is 12.3. The quantitative estimate of drug-likeness (QED) is 0.471. The first kappa shape index (κ1) is 19.2. The SMILES string of the molecule is Cc1cccc(OCC(=O)NC(=S)Nc2cc(C)c(O)c(C(=O)O)c2)c1. The molecule has 136 valence electrons. The lowest BCUT2D eigenvalue weighted by molar-refractivity contribution is -0.121. The van der Waals surface area contributed by atoms with Crippen LogP contribution in [0.5, 0.6) is 11.5 Å². The highest BCUT2D eigenvalue weighted by Crippen LogP contribution is 2.26. The predicted molar refractivity (Wildman–Crippen MR) is 101 cm³/mol. The molecule has 2 aromatic rings. The molecule has 0 aliphatic carbocycles. The molecule has 0 aliphatic rings. The zero-order chi connectivity index (χ0) is 19.3. The first-order valence-corrected chi connectivity index (χ1v) is 8.04. The van der Waals surface area contributed by atoms with Gasteiger partial charge in [-0.1, -0.05) is 12.1 Å². The molecule has 0 heterocycles. The average Bonchev–Trinajstić information content (AvgIpc) is 2.55. The number of anilines is 1. The second-order valence-electron chi connectivity index (χ2n) is 5.60. The molecule has 8 heteroatoms. The van der Waals surface area contributed by atoms with Crippen molar-refractivity contribution in [2.45, 2.75) is 13.8 Å². The molecule has 0 bridgehead atoms. The second-order valence-corrected chi connectivity index (χ2v) is 6.01. The van der Waals surface area contributed by atoms with Gasteiger partial charge in [0.25, 0.3) is 5.91 Å². The molecule has 0 unspecified atom stereocenters. The van der Waals surface area contributed by atoms with E-state index in [1.54, 1.807) is 19.1 Å². The number of hydrogen-bond acceptors (Lipinski definition) is 5. The molecular weight excluding hydrogens is 356 g/mol. The molecule has 26 heavy (non-hydrogen) atoms. The molecule has 2 aromatic carbocycles. The van der Waals surface area contributed by atoms with Crippen LogP contribution in [0.15, 0.2) is 36.4 Å². The van der Waals surface area contributed by atoms with Gasteiger partial charge in [-0.3, -0.25) is 10.1 Å². The summed E-state index contributed by atoms with van der Waals surface area (Å²) in [7, 11) is 0. The number of carboxylic acids is 1. The number of aromatic hydroxyl groups is 1. The molecule has 0 atom stereocenters. The van der Waals surface area contributed by atoms with Gasteiger partial charge in [-0.2, -0.15) is 0 Å². The first-order valence-electron chi connectivity index (χ1n) is 7.63. The van der Waals surface area contributed by atoms with Gasteiger partial charge in [0, 0.05) is 5.69 Å². The summed E-state index contributed by atoms with van der Waals surface area (Å²) in [6.45, 7) is 3.25. The lowest BCUT2D eigenvalue weighted by atomic mass is 10.1. The Labute approximate surface area is 155 Å². The van der Waals surface area contributed by atoms with Crippen molar-refractivity contribution in [1.82, 2.24) is 5.32 Å². The Kier molecular flexibility index (Phi) is 6.13. The number of ether oxygens (including phenoxy) is 1. The Hall–Kier alpha value is -3.13. The van der Waals surface area contributed by atoms with E-state index >= 15 is 0 Å². The van der Waals surface area contributed by atoms with Gasteiger partial charge in [0.2, 0.25) is 0 Å². The number of thiocarbonyl (C=S) groups is 1. The van der Waals surface area contributed by atoms with Crippen molar-refractivity contribution in [3.63, 3.8) is 0 Å². The van der Waals surface area contributed by atoms with Crippen LogP contribution >= 0.6 is 12.2 Å². The smallest absolute Gasteiger partial charge is 0.339 e. The summed E-state index contributed by atoms with van der Waals surface area (Å²) in [4.78, 5) is 23.0. The topological polar surface area (TPSA) is 108 Å². The van der Waals surface area contributed by atoms with Crippen molar-refractivity contribution in [3.05, 3.63) is 53.1 Å². The fourth-order valence-electron chi connectivity index (χ4n) is 2.19. The molecule has 7 nitrogen and oxygen atoms in total. The number of carbonyl (C=O) groups is 2. The van der Waals surface area contributed by atoms with E-state index in [0.29, 0.717) is 17.0 Å². The largest absolute Gasteiger partial charge is 0.507 e. The van der Waals surface area contributed by atoms with Crippen LogP contribution in [0.1, 0.15) is 21.5 Å². The van der Waals surface area contributed by atoms with Crippen LogP contribution in [0.2, 0.25) is 0 Å². The molecule has 0 saturated heterocycles. The summed E-state index contributed by atoms with van der Waals surface area (Å²) in [5.41, 5.74) is 1.45. The minimum absolute atomic E-state index is 0.00993. The van der Waals surface area contributed by atoms with Crippen molar-refractivity contribution >= 4 is 34.9 Å². The third-order valence-electron chi connectivity index (χ3n) is 3.40. The Balaban J connectivity index is 1.94. The maximum atomic E-state index is 11.9. The number of nitrogens with one attached hydrogen (secondary N) is 2. The van der Waals surface area contributed by atoms with E-state index in [9.17, 15) is 14.7 Å². The third-order valence-corrected chi connectivity index (χ3v) is 3.61. The van der Waals surface area contributed by atoms with Gasteiger partial charge in [0.15, 0.2) is 11.7 Å². The summed E-state index contributed by atoms with van der Waals surface area (Å²) < 4.78 is 5.37. The summed E-state index contributed by atoms with van der Waals surface area (Å²) in [5, 5.41) is 24.0. The molecule has 0 radical (unpaired) electrons. The number of phenols is 1. The fourth-order valence-corrected chi connectivity index (χ4v) is 2.43. The van der Waals surface area contributed by atoms with Crippen LogP contribution in [-0.2, 0) is 4.79 Å². The summed E-state index contributed by atoms with van der Waals surface area (Å²) in [5.74, 6) is -1.47. The van der Waals surface area contributed by atoms with Crippen LogP contribution < -0.4 is 15.4 Å². The lowest BCUT2D eigenvalue weighted by Crippen LogP contribution is -2.37. The summed E-state index contributed by atoms with van der Waals surface area (Å²) in [6.07, 6.45) is 0. The maximum absolute atomic E-state index is 11.9. The van der Waals surface area contributed by atoms with Gasteiger partial charge < -0.3 is 20.3 Å². The van der Waals surface area contributed by atoms with E-state index in [2.05, 4.69) is 10.6 Å². The third kappa shape index (κ3) is 5.18. The molecule has 0 aromatic heterocycles. The Morgan fingerprint density at radius 1 is 1.19 bits per heavy atom. The van der Waals surface area contributed by atoms with E-state index in [1.165, 1.54) is 12.1 Å². The molecule has 0 saturated carbocycles. The molecule has 4 N–H and O–H groups in total. The van der Waals surface area contributed by atoms with E-state index in [4.69, 9.17) is 22.1 Å². The van der Waals surface area contributed by atoms with Crippen molar-refractivity contribution in [3.8, 4) is 11.5 Å². The van der Waals surface area contributed by atoms with Gasteiger partial charge in [0.1, 0.15) is 17.1 Å². The molecule has 0 aliphatic heterocycles. The molecule has 2 rings (SSSR count). The number of amides is 1. The Morgan fingerprint density at radius 3 is 2.58 bits per heavy atom. The van der Waals surface area contributed by atoms with Gasteiger partial charge in [0.05, 0.1) is 0 Å². The summed E-state index contributed by atoms with van der Waals surface area (Å²) >= 11 is 5.04. The van der Waals surface area contributed by atoms with Crippen LogP contribution in [0.4, 0.5) is 5.69 Å². The molecule has 0 spiro atoms. The lowest BCUT2D eigenvalue weighted by Gasteiger charge is -2.12. The number of rotatable bonds is 5. The normalized spacial score (nSPS) is 10.1. The molecular formula is C18H18N2O5S. The number of hydrogen-bond donors (Lipinski definition) is 4. The number of aromatic carboxylic acids is 1. The Bertz CT molecular complexity index is 867. The average molecular weight is 374 g/mol. The second kappa shape index (κ2) is 8.30. The Morgan fingerprint density at radius 2 is 1.92 bits per heavy atom. The monoisotopic (exact) mass is 374 g/mol. The van der Waals surface area contributed by atoms with Crippen LogP contribution in [0, 0.1) is 13.8 Å². The number of benzene rings is 2. The van der Waals surface area contributed by atoms with Crippen molar-refractivity contribution < 1.29 is 24.5 Å². The molecule has 1 amide bonds. The zero-order valence-corrected chi connectivity index (χ0v) is 15.0. The maximum Gasteiger partial charge on any atom is 0.339 e. The minimum atomic E-state index is -1.27. The standard InChI is InChI=1S/C18H18N2O5S/c1-10-4-3-5-13(6-10)25-9-15(21)20-18(26)19-12-7-11(2)16(22)14(8-12)17(23)24/h3-8,22H,9H2,1-2H3,(H,23,24)(H2,19,20,21,26). The van der Waals surface area contributed by atoms with Crippen molar-refractivity contribution in [2.75, 3.05) is 11.9 Å². The highest BCUT2D eigenvalue weighted by molar-refractivity contribution is 7.80. The zero-order valence-electron chi connectivity index (χ0n) is 14.2. The van der Waals surface area contributed by atoms with Crippen molar-refractivity contribution in [1.29, 1.82) is 0 Å². The van der Waals surface area contributed by atoms with E-state index in [1.807, 2.05) is 19.1 Å². The van der Waals surface area contributed by atoms with Crippen LogP contribution in [-0.4, -0.2) is 33.8 Å². The number of carbonyl (C=O) groups excluding carboxylic acids is 1. The highest BCUT2D eigenvalue weighted by atomic mass is 32.1. The van der Waals surface area contributed by atoms with Crippen LogP contribution in [0.25, 0.3) is 0 Å². The minimum Gasteiger partial charge on any atom is -0.507 e. The van der Waals surface area contributed by atoms with Gasteiger partial charge >= 0.3 is 5.97 Å². The predicted octanol–water partition coefficient (Wildman–Crippen LogP) is 2.60. The number of aryl methyl sites for hydroxylation is 2. The highest BCUT2D eigenvalue weighted by Gasteiger charge is 2.14. The molecule has 0 fully saturated rings. The fraction of sp³-hybridized carbons (Fsp3) is 0.167. The van der Waals surface area contributed by atoms with Gasteiger partial charge in [-0.25, -0.2) is 4.79 Å². The number of carboxylic acid groups (broad SMARTS) is 1. The van der Waals surface area contributed by atoms with Crippen LogP contribution in [0.3, 0.4) is 0 Å². The van der Waals surface area contributed by atoms with Crippen molar-refractivity contribution in [2.24, 2.45) is 0 Å². The van der Waals surface area contributed by atoms with E-state index in [-0.39, 0.29) is 23.0 Å². The summed E-state index contributed by atoms with van der Waals surface area (Å²) in [6, 6.07) is 10.0.